The number of H-pyrrole nitrogens is 1. The van der Waals surface area contributed by atoms with Gasteiger partial charge in [-0.1, -0.05) is 47.0 Å². The Morgan fingerprint density at radius 3 is 2.35 bits per heavy atom. The first-order chi connectivity index (χ1) is 16.4. The van der Waals surface area contributed by atoms with Gasteiger partial charge in [-0.2, -0.15) is 0 Å². The number of ether oxygens (including phenoxy) is 2. The van der Waals surface area contributed by atoms with Gasteiger partial charge >= 0.3 is 5.69 Å². The lowest BCUT2D eigenvalue weighted by Crippen LogP contribution is -2.31. The second kappa shape index (κ2) is 11.9. The van der Waals surface area contributed by atoms with E-state index in [4.69, 9.17) is 14.5 Å². The Morgan fingerprint density at radius 1 is 0.941 bits per heavy atom. The summed E-state index contributed by atoms with van der Waals surface area (Å²) in [6.07, 6.45) is 4.78. The van der Waals surface area contributed by atoms with E-state index in [0.29, 0.717) is 60.7 Å². The third-order valence-electron chi connectivity index (χ3n) is 5.68. The van der Waals surface area contributed by atoms with Crippen molar-refractivity contribution >= 4 is 11.2 Å². The van der Waals surface area contributed by atoms with Crippen LogP contribution in [-0.2, 0) is 13.1 Å². The lowest BCUT2D eigenvalue weighted by molar-refractivity contribution is 0.248. The van der Waals surface area contributed by atoms with E-state index in [1.54, 1.807) is 4.57 Å². The molecule has 0 atom stereocenters. The average molecular weight is 471 g/mol. The van der Waals surface area contributed by atoms with E-state index in [9.17, 15) is 9.59 Å². The first kappa shape index (κ1) is 25.6. The zero-order chi connectivity index (χ0) is 24.7. The van der Waals surface area contributed by atoms with Crippen molar-refractivity contribution in [3.05, 3.63) is 39.0 Å². The average Bonchev–Trinajstić information content (AvgIpc) is 3.18. The molecule has 8 nitrogen and oxygen atoms in total. The quantitative estimate of drug-likeness (QED) is 0.356. The fourth-order valence-corrected chi connectivity index (χ4v) is 3.95. The number of hydrogen-bond acceptors (Lipinski definition) is 5. The molecule has 0 amide bonds. The van der Waals surface area contributed by atoms with Gasteiger partial charge in [0.2, 0.25) is 0 Å². The van der Waals surface area contributed by atoms with Gasteiger partial charge in [0.05, 0.1) is 13.2 Å². The van der Waals surface area contributed by atoms with E-state index >= 15 is 0 Å². The van der Waals surface area contributed by atoms with Crippen molar-refractivity contribution in [2.24, 2.45) is 5.92 Å². The predicted octanol–water partition coefficient (Wildman–Crippen LogP) is 4.98. The standard InChI is InChI=1S/C26H38N4O4/c1-6-9-11-15-29-22-24(30(14-10-7-2)26(32)28-25(22)31)27-23(29)19-12-13-20(34-17-18(4)5)21(16-19)33-8-3/h12-13,16,18H,6-11,14-15,17H2,1-5H3,(H,28,31,32). The first-order valence-electron chi connectivity index (χ1n) is 12.5. The van der Waals surface area contributed by atoms with Gasteiger partial charge in [0.15, 0.2) is 22.7 Å². The van der Waals surface area contributed by atoms with E-state index in [-0.39, 0.29) is 0 Å². The number of benzene rings is 1. The third kappa shape index (κ3) is 5.72. The summed E-state index contributed by atoms with van der Waals surface area (Å²) in [6.45, 7) is 12.6. The third-order valence-corrected chi connectivity index (χ3v) is 5.68. The molecule has 0 aliphatic carbocycles. The van der Waals surface area contributed by atoms with Crippen molar-refractivity contribution in [3.63, 3.8) is 0 Å². The summed E-state index contributed by atoms with van der Waals surface area (Å²) >= 11 is 0. The molecular weight excluding hydrogens is 432 g/mol. The fraction of sp³-hybridized carbons (Fsp3) is 0.577. The number of fused-ring (bicyclic) bond motifs is 1. The molecule has 1 N–H and O–H groups in total. The number of aryl methyl sites for hydroxylation is 2. The molecule has 0 aliphatic rings. The Labute approximate surface area is 200 Å². The van der Waals surface area contributed by atoms with Gasteiger partial charge < -0.3 is 14.0 Å². The molecule has 34 heavy (non-hydrogen) atoms. The van der Waals surface area contributed by atoms with Crippen LogP contribution in [0.1, 0.15) is 66.7 Å². The molecule has 0 saturated carbocycles. The number of aromatic nitrogens is 4. The summed E-state index contributed by atoms with van der Waals surface area (Å²) in [6, 6.07) is 5.75. The molecule has 0 unspecified atom stereocenters. The van der Waals surface area contributed by atoms with Crippen LogP contribution in [0, 0.1) is 5.92 Å². The minimum atomic E-state index is -0.414. The van der Waals surface area contributed by atoms with Crippen LogP contribution in [0.4, 0.5) is 0 Å². The molecule has 0 spiro atoms. The highest BCUT2D eigenvalue weighted by Crippen LogP contribution is 2.34. The molecule has 3 aromatic rings. The number of aromatic amines is 1. The van der Waals surface area contributed by atoms with Crippen LogP contribution in [0.2, 0.25) is 0 Å². The molecule has 2 heterocycles. The Bertz CT molecular complexity index is 1210. The zero-order valence-electron chi connectivity index (χ0n) is 21.1. The molecule has 2 aromatic heterocycles. The predicted molar refractivity (Wildman–Crippen MR) is 136 cm³/mol. The number of nitrogens with one attached hydrogen (secondary N) is 1. The van der Waals surface area contributed by atoms with Gasteiger partial charge in [0.1, 0.15) is 5.82 Å². The molecule has 186 valence electrons. The monoisotopic (exact) mass is 470 g/mol. The molecule has 8 heteroatoms. The van der Waals surface area contributed by atoms with Crippen LogP contribution in [0.5, 0.6) is 11.5 Å². The summed E-state index contributed by atoms with van der Waals surface area (Å²) in [5.41, 5.74) is 0.890. The maximum atomic E-state index is 12.9. The molecule has 0 radical (unpaired) electrons. The summed E-state index contributed by atoms with van der Waals surface area (Å²) in [5, 5.41) is 0. The molecule has 0 bridgehead atoms. The number of nitrogens with zero attached hydrogens (tertiary/aromatic N) is 3. The minimum Gasteiger partial charge on any atom is -0.490 e. The molecule has 0 aliphatic heterocycles. The van der Waals surface area contributed by atoms with Crippen LogP contribution < -0.4 is 20.7 Å². The summed E-state index contributed by atoms with van der Waals surface area (Å²) in [4.78, 5) is 32.9. The summed E-state index contributed by atoms with van der Waals surface area (Å²) in [5.74, 6) is 2.38. The molecule has 1 aromatic carbocycles. The largest absolute Gasteiger partial charge is 0.490 e. The van der Waals surface area contributed by atoms with Gasteiger partial charge in [-0.25, -0.2) is 9.78 Å². The first-order valence-corrected chi connectivity index (χ1v) is 12.5. The minimum absolute atomic E-state index is 0.392. The number of imidazole rings is 1. The van der Waals surface area contributed by atoms with E-state index in [1.807, 2.05) is 29.7 Å². The molecule has 0 saturated heterocycles. The highest BCUT2D eigenvalue weighted by Gasteiger charge is 2.20. The van der Waals surface area contributed by atoms with Crippen LogP contribution in [-0.4, -0.2) is 32.3 Å². The SMILES string of the molecule is CCCCCn1c(-c2ccc(OCC(C)C)c(OCC)c2)nc2c1c(=O)[nH]c(=O)n2CCCC. The zero-order valence-corrected chi connectivity index (χ0v) is 21.1. The van der Waals surface area contributed by atoms with Crippen LogP contribution >= 0.6 is 0 Å². The fourth-order valence-electron chi connectivity index (χ4n) is 3.95. The van der Waals surface area contributed by atoms with Crippen molar-refractivity contribution in [2.45, 2.75) is 79.8 Å². The van der Waals surface area contributed by atoms with Crippen molar-refractivity contribution in [2.75, 3.05) is 13.2 Å². The summed E-state index contributed by atoms with van der Waals surface area (Å²) in [7, 11) is 0. The second-order valence-electron chi connectivity index (χ2n) is 9.03. The Kier molecular flexibility index (Phi) is 8.96. The maximum Gasteiger partial charge on any atom is 0.330 e. The van der Waals surface area contributed by atoms with Crippen molar-refractivity contribution in [1.29, 1.82) is 0 Å². The van der Waals surface area contributed by atoms with E-state index in [1.165, 1.54) is 0 Å². The van der Waals surface area contributed by atoms with Crippen LogP contribution in [0.25, 0.3) is 22.6 Å². The highest BCUT2D eigenvalue weighted by atomic mass is 16.5. The molecular formula is C26H38N4O4. The second-order valence-corrected chi connectivity index (χ2v) is 9.03. The van der Waals surface area contributed by atoms with Gasteiger partial charge in [0.25, 0.3) is 5.56 Å². The Balaban J connectivity index is 2.19. The normalized spacial score (nSPS) is 11.5. The Morgan fingerprint density at radius 2 is 1.68 bits per heavy atom. The van der Waals surface area contributed by atoms with Crippen molar-refractivity contribution in [3.8, 4) is 22.9 Å². The van der Waals surface area contributed by atoms with Crippen LogP contribution in [0.3, 0.4) is 0 Å². The van der Waals surface area contributed by atoms with Gasteiger partial charge in [-0.05, 0) is 43.9 Å². The topological polar surface area (TPSA) is 91.1 Å². The lowest BCUT2D eigenvalue weighted by Gasteiger charge is -2.15. The summed E-state index contributed by atoms with van der Waals surface area (Å²) < 4.78 is 15.4. The Hall–Kier alpha value is -3.03. The highest BCUT2D eigenvalue weighted by molar-refractivity contribution is 5.77. The lowest BCUT2D eigenvalue weighted by atomic mass is 10.1. The van der Waals surface area contributed by atoms with Crippen molar-refractivity contribution in [1.82, 2.24) is 19.1 Å². The van der Waals surface area contributed by atoms with Gasteiger partial charge in [-0.3, -0.25) is 14.3 Å². The van der Waals surface area contributed by atoms with Gasteiger partial charge in [0, 0.05) is 18.7 Å². The van der Waals surface area contributed by atoms with E-state index in [0.717, 1.165) is 37.7 Å². The number of rotatable bonds is 13. The number of unbranched alkanes of at least 4 members (excludes halogenated alkanes) is 3. The number of hydrogen-bond donors (Lipinski definition) is 1. The van der Waals surface area contributed by atoms with Crippen molar-refractivity contribution < 1.29 is 9.47 Å². The van der Waals surface area contributed by atoms with Crippen LogP contribution in [0.15, 0.2) is 27.8 Å². The van der Waals surface area contributed by atoms with Gasteiger partial charge in [-0.15, -0.1) is 0 Å². The van der Waals surface area contributed by atoms with E-state index < -0.39 is 11.2 Å². The smallest absolute Gasteiger partial charge is 0.330 e. The molecule has 3 rings (SSSR count). The maximum absolute atomic E-state index is 12.9. The molecule has 0 fully saturated rings. The van der Waals surface area contributed by atoms with E-state index in [2.05, 4.69) is 32.7 Å².